The summed E-state index contributed by atoms with van der Waals surface area (Å²) in [6.07, 6.45) is 4.01. The number of nitrogens with zero attached hydrogens (tertiary/aromatic N) is 2. The highest BCUT2D eigenvalue weighted by Gasteiger charge is 2.00. The maximum Gasteiger partial charge on any atom is 0.194 e. The van der Waals surface area contributed by atoms with Crippen molar-refractivity contribution < 1.29 is 0 Å². The molecule has 0 unspecified atom stereocenters. The molecule has 0 aliphatic carbocycles. The maximum absolute atomic E-state index is 4.22. The SMILES string of the molecule is CC.Cc1cn2c(C)cnc2s1. The number of thiazole rings is 1. The number of rotatable bonds is 0. The second-order valence-corrected chi connectivity index (χ2v) is 3.61. The first-order valence-corrected chi connectivity index (χ1v) is 4.99. The van der Waals surface area contributed by atoms with Gasteiger partial charge in [0.25, 0.3) is 0 Å². The van der Waals surface area contributed by atoms with Crippen molar-refractivity contribution in [2.45, 2.75) is 27.7 Å². The van der Waals surface area contributed by atoms with Gasteiger partial charge in [0.2, 0.25) is 0 Å². The van der Waals surface area contributed by atoms with E-state index in [0.717, 1.165) is 4.96 Å². The quantitative estimate of drug-likeness (QED) is 0.612. The third-order valence-corrected chi connectivity index (χ3v) is 2.42. The van der Waals surface area contributed by atoms with Crippen molar-refractivity contribution in [3.05, 3.63) is 23.0 Å². The lowest BCUT2D eigenvalue weighted by atomic mass is 10.5. The van der Waals surface area contributed by atoms with Gasteiger partial charge in [-0.1, -0.05) is 13.8 Å². The standard InChI is InChI=1S/C7H8N2S.C2H6/c1-5-3-8-7-9(5)4-6(2)10-7;1-2/h3-4H,1-2H3;1-2H3. The number of aryl methyl sites for hydroxylation is 2. The molecule has 0 aromatic carbocycles. The van der Waals surface area contributed by atoms with E-state index in [9.17, 15) is 0 Å². The molecule has 2 aromatic rings. The summed E-state index contributed by atoms with van der Waals surface area (Å²) in [5.74, 6) is 0. The Morgan fingerprint density at radius 3 is 2.58 bits per heavy atom. The zero-order valence-electron chi connectivity index (χ0n) is 7.96. The molecule has 2 aromatic heterocycles. The van der Waals surface area contributed by atoms with E-state index < -0.39 is 0 Å². The van der Waals surface area contributed by atoms with Crippen LogP contribution in [0.3, 0.4) is 0 Å². The molecule has 0 aliphatic heterocycles. The molecule has 0 spiro atoms. The van der Waals surface area contributed by atoms with Gasteiger partial charge in [0.15, 0.2) is 4.96 Å². The molecule has 0 fully saturated rings. The van der Waals surface area contributed by atoms with E-state index in [2.05, 4.69) is 29.4 Å². The Bertz CT molecular complexity index is 359. The molecule has 0 saturated carbocycles. The van der Waals surface area contributed by atoms with E-state index in [1.54, 1.807) is 11.3 Å². The Morgan fingerprint density at radius 1 is 1.33 bits per heavy atom. The summed E-state index contributed by atoms with van der Waals surface area (Å²) in [7, 11) is 0. The van der Waals surface area contributed by atoms with Gasteiger partial charge in [-0.2, -0.15) is 0 Å². The van der Waals surface area contributed by atoms with Gasteiger partial charge in [-0.15, -0.1) is 11.3 Å². The molecular formula is C9H14N2S. The van der Waals surface area contributed by atoms with Crippen LogP contribution in [0.1, 0.15) is 24.4 Å². The molecule has 66 valence electrons. The molecule has 2 rings (SSSR count). The van der Waals surface area contributed by atoms with Gasteiger partial charge in [0, 0.05) is 23.0 Å². The molecule has 0 amide bonds. The van der Waals surface area contributed by atoms with Crippen LogP contribution in [0.2, 0.25) is 0 Å². The molecule has 0 N–H and O–H groups in total. The molecule has 0 aliphatic rings. The Morgan fingerprint density at radius 2 is 2.00 bits per heavy atom. The van der Waals surface area contributed by atoms with Gasteiger partial charge in [0.05, 0.1) is 0 Å². The zero-order valence-corrected chi connectivity index (χ0v) is 8.77. The lowest BCUT2D eigenvalue weighted by Crippen LogP contribution is -1.77. The van der Waals surface area contributed by atoms with Crippen LogP contribution in [0.15, 0.2) is 12.4 Å². The summed E-state index contributed by atoms with van der Waals surface area (Å²) in [5, 5.41) is 0. The van der Waals surface area contributed by atoms with Crippen LogP contribution in [0, 0.1) is 13.8 Å². The highest BCUT2D eigenvalue weighted by molar-refractivity contribution is 7.16. The van der Waals surface area contributed by atoms with Crippen LogP contribution < -0.4 is 0 Å². The predicted molar refractivity (Wildman–Crippen MR) is 53.9 cm³/mol. The van der Waals surface area contributed by atoms with Gasteiger partial charge in [-0.25, -0.2) is 4.98 Å². The van der Waals surface area contributed by atoms with E-state index in [4.69, 9.17) is 0 Å². The monoisotopic (exact) mass is 182 g/mol. The molecule has 0 atom stereocenters. The Hall–Kier alpha value is -0.830. The second kappa shape index (κ2) is 3.72. The highest BCUT2D eigenvalue weighted by Crippen LogP contribution is 2.16. The van der Waals surface area contributed by atoms with E-state index in [1.807, 2.05) is 20.0 Å². The molecule has 2 nitrogen and oxygen atoms in total. The average Bonchev–Trinajstić information content (AvgIpc) is 2.58. The fourth-order valence-electron chi connectivity index (χ4n) is 1.01. The van der Waals surface area contributed by atoms with Gasteiger partial charge < -0.3 is 0 Å². The molecule has 0 radical (unpaired) electrons. The molecule has 3 heteroatoms. The van der Waals surface area contributed by atoms with Gasteiger partial charge in [0.1, 0.15) is 0 Å². The molecule has 0 bridgehead atoms. The summed E-state index contributed by atoms with van der Waals surface area (Å²) >= 11 is 1.72. The van der Waals surface area contributed by atoms with Crippen LogP contribution in [-0.2, 0) is 0 Å². The van der Waals surface area contributed by atoms with Crippen LogP contribution in [0.4, 0.5) is 0 Å². The fraction of sp³-hybridized carbons (Fsp3) is 0.444. The van der Waals surface area contributed by atoms with E-state index in [-0.39, 0.29) is 0 Å². The molecule has 0 saturated heterocycles. The maximum atomic E-state index is 4.22. The second-order valence-electron chi connectivity index (χ2n) is 2.39. The smallest absolute Gasteiger partial charge is 0.194 e. The van der Waals surface area contributed by atoms with Crippen molar-refractivity contribution in [2.24, 2.45) is 0 Å². The minimum atomic E-state index is 1.09. The summed E-state index contributed by atoms with van der Waals surface area (Å²) in [6.45, 7) is 8.16. The molecule has 2 heterocycles. The van der Waals surface area contributed by atoms with Crippen LogP contribution in [-0.4, -0.2) is 9.38 Å². The average molecular weight is 182 g/mol. The lowest BCUT2D eigenvalue weighted by Gasteiger charge is -1.82. The first kappa shape index (κ1) is 9.26. The Kier molecular flexibility index (Phi) is 2.87. The van der Waals surface area contributed by atoms with Gasteiger partial charge >= 0.3 is 0 Å². The third-order valence-electron chi connectivity index (χ3n) is 1.51. The zero-order chi connectivity index (χ0) is 9.14. The highest BCUT2D eigenvalue weighted by atomic mass is 32.1. The van der Waals surface area contributed by atoms with Crippen LogP contribution in [0.5, 0.6) is 0 Å². The van der Waals surface area contributed by atoms with Crippen molar-refractivity contribution in [3.8, 4) is 0 Å². The number of imidazole rings is 1. The molecule has 12 heavy (non-hydrogen) atoms. The van der Waals surface area contributed by atoms with Gasteiger partial charge in [-0.05, 0) is 13.8 Å². The first-order valence-electron chi connectivity index (χ1n) is 4.17. The normalized spacial score (nSPS) is 9.67. The largest absolute Gasteiger partial charge is 0.295 e. The Labute approximate surface area is 76.9 Å². The topological polar surface area (TPSA) is 17.3 Å². The number of hydrogen-bond acceptors (Lipinski definition) is 2. The summed E-state index contributed by atoms with van der Waals surface area (Å²) in [4.78, 5) is 6.62. The predicted octanol–water partition coefficient (Wildman–Crippen LogP) is 3.04. The van der Waals surface area contributed by atoms with E-state index in [0.29, 0.717) is 0 Å². The van der Waals surface area contributed by atoms with Crippen molar-refractivity contribution in [2.75, 3.05) is 0 Å². The van der Waals surface area contributed by atoms with Crippen LogP contribution >= 0.6 is 11.3 Å². The summed E-state index contributed by atoms with van der Waals surface area (Å²) in [5.41, 5.74) is 1.21. The van der Waals surface area contributed by atoms with Crippen molar-refractivity contribution in [1.29, 1.82) is 0 Å². The molecular weight excluding hydrogens is 168 g/mol. The third kappa shape index (κ3) is 1.50. The Balaban J connectivity index is 0.000000336. The van der Waals surface area contributed by atoms with Crippen molar-refractivity contribution in [3.63, 3.8) is 0 Å². The number of hydrogen-bond donors (Lipinski definition) is 0. The fourth-order valence-corrected chi connectivity index (χ4v) is 1.86. The number of aromatic nitrogens is 2. The van der Waals surface area contributed by atoms with E-state index >= 15 is 0 Å². The van der Waals surface area contributed by atoms with Gasteiger partial charge in [-0.3, -0.25) is 4.40 Å². The summed E-state index contributed by atoms with van der Waals surface area (Å²) in [6, 6.07) is 0. The number of fused-ring (bicyclic) bond motifs is 1. The van der Waals surface area contributed by atoms with Crippen molar-refractivity contribution >= 4 is 16.3 Å². The van der Waals surface area contributed by atoms with Crippen molar-refractivity contribution in [1.82, 2.24) is 9.38 Å². The first-order chi connectivity index (χ1) is 5.77. The summed E-state index contributed by atoms with van der Waals surface area (Å²) < 4.78 is 2.11. The van der Waals surface area contributed by atoms with E-state index in [1.165, 1.54) is 10.6 Å². The minimum absolute atomic E-state index is 1.09. The van der Waals surface area contributed by atoms with Crippen LogP contribution in [0.25, 0.3) is 4.96 Å². The minimum Gasteiger partial charge on any atom is -0.295 e. The lowest BCUT2D eigenvalue weighted by molar-refractivity contribution is 1.13.